The Hall–Kier alpha value is -2.89. The Morgan fingerprint density at radius 1 is 1.00 bits per heavy atom. The highest BCUT2D eigenvalue weighted by molar-refractivity contribution is 6.00. The number of anilines is 3. The molecule has 1 aliphatic rings. The number of urea groups is 1. The summed E-state index contributed by atoms with van der Waals surface area (Å²) in [5.41, 5.74) is 2.52. The maximum Gasteiger partial charge on any atom is 0.323 e. The van der Waals surface area contributed by atoms with E-state index in [1.807, 2.05) is 12.1 Å². The summed E-state index contributed by atoms with van der Waals surface area (Å²) < 4.78 is 10.5. The molecular formula is C21H27N3O3. The molecule has 6 nitrogen and oxygen atoms in total. The summed E-state index contributed by atoms with van der Waals surface area (Å²) in [6, 6.07) is 12.9. The van der Waals surface area contributed by atoms with Crippen LogP contribution in [-0.4, -0.2) is 33.3 Å². The van der Waals surface area contributed by atoms with Crippen LogP contribution in [0, 0.1) is 5.92 Å². The Kier molecular flexibility index (Phi) is 6.06. The molecule has 0 atom stereocenters. The van der Waals surface area contributed by atoms with Crippen molar-refractivity contribution < 1.29 is 14.3 Å². The number of hydrogen-bond donors (Lipinski definition) is 2. The molecular weight excluding hydrogens is 342 g/mol. The van der Waals surface area contributed by atoms with Crippen molar-refractivity contribution in [3.05, 3.63) is 42.5 Å². The number of benzene rings is 2. The lowest BCUT2D eigenvalue weighted by Gasteiger charge is -2.32. The number of piperidine rings is 1. The van der Waals surface area contributed by atoms with E-state index in [1.54, 1.807) is 32.4 Å². The second kappa shape index (κ2) is 8.66. The molecule has 0 aromatic heterocycles. The summed E-state index contributed by atoms with van der Waals surface area (Å²) in [6.45, 7) is 4.48. The summed E-state index contributed by atoms with van der Waals surface area (Å²) in [7, 11) is 3.14. The zero-order chi connectivity index (χ0) is 19.2. The second-order valence-electron chi connectivity index (χ2n) is 6.86. The van der Waals surface area contributed by atoms with Crippen molar-refractivity contribution in [2.24, 2.45) is 5.92 Å². The Morgan fingerprint density at radius 3 is 2.33 bits per heavy atom. The van der Waals surface area contributed by atoms with Gasteiger partial charge in [-0.1, -0.05) is 6.92 Å². The Bertz CT molecular complexity index is 769. The molecule has 27 heavy (non-hydrogen) atoms. The van der Waals surface area contributed by atoms with E-state index >= 15 is 0 Å². The third-order valence-electron chi connectivity index (χ3n) is 4.93. The minimum atomic E-state index is -0.321. The van der Waals surface area contributed by atoms with E-state index < -0.39 is 0 Å². The molecule has 1 fully saturated rings. The molecule has 3 rings (SSSR count). The number of methoxy groups -OCH3 is 2. The van der Waals surface area contributed by atoms with Gasteiger partial charge >= 0.3 is 6.03 Å². The summed E-state index contributed by atoms with van der Waals surface area (Å²) in [5.74, 6) is 2.01. The van der Waals surface area contributed by atoms with Gasteiger partial charge in [-0.15, -0.1) is 0 Å². The summed E-state index contributed by atoms with van der Waals surface area (Å²) in [5, 5.41) is 5.66. The summed E-state index contributed by atoms with van der Waals surface area (Å²) in [4.78, 5) is 14.7. The van der Waals surface area contributed by atoms with Crippen molar-refractivity contribution in [1.82, 2.24) is 0 Å². The molecule has 0 bridgehead atoms. The standard InChI is InChI=1S/C21H27N3O3/c1-15-10-12-24(13-11-15)17-6-4-16(5-7-17)22-21(25)23-19-9-8-18(26-2)14-20(19)27-3/h4-9,14-15H,10-13H2,1-3H3,(H2,22,23,25). The second-order valence-corrected chi connectivity index (χ2v) is 6.86. The average Bonchev–Trinajstić information content (AvgIpc) is 2.69. The fourth-order valence-corrected chi connectivity index (χ4v) is 3.21. The van der Waals surface area contributed by atoms with Crippen LogP contribution in [0.4, 0.5) is 21.9 Å². The van der Waals surface area contributed by atoms with Gasteiger partial charge in [0.25, 0.3) is 0 Å². The molecule has 6 heteroatoms. The highest BCUT2D eigenvalue weighted by Gasteiger charge is 2.16. The summed E-state index contributed by atoms with van der Waals surface area (Å²) >= 11 is 0. The van der Waals surface area contributed by atoms with Crippen LogP contribution in [0.15, 0.2) is 42.5 Å². The number of rotatable bonds is 5. The summed E-state index contributed by atoms with van der Waals surface area (Å²) in [6.07, 6.45) is 2.46. The van der Waals surface area contributed by atoms with Crippen LogP contribution < -0.4 is 25.0 Å². The molecule has 2 N–H and O–H groups in total. The van der Waals surface area contributed by atoms with E-state index in [1.165, 1.54) is 18.5 Å². The monoisotopic (exact) mass is 369 g/mol. The van der Waals surface area contributed by atoms with Gasteiger partial charge in [-0.2, -0.15) is 0 Å². The van der Waals surface area contributed by atoms with Crippen LogP contribution in [0.2, 0.25) is 0 Å². The maximum atomic E-state index is 12.3. The zero-order valence-electron chi connectivity index (χ0n) is 16.1. The predicted octanol–water partition coefficient (Wildman–Crippen LogP) is 4.58. The molecule has 0 unspecified atom stereocenters. The van der Waals surface area contributed by atoms with Gasteiger partial charge in [0.2, 0.25) is 0 Å². The number of carbonyl (C=O) groups is 1. The van der Waals surface area contributed by atoms with Gasteiger partial charge in [-0.25, -0.2) is 4.79 Å². The lowest BCUT2D eigenvalue weighted by molar-refractivity contribution is 0.262. The van der Waals surface area contributed by atoms with Crippen LogP contribution in [0.1, 0.15) is 19.8 Å². The lowest BCUT2D eigenvalue weighted by Crippen LogP contribution is -2.32. The van der Waals surface area contributed by atoms with Crippen LogP contribution in [0.3, 0.4) is 0 Å². The van der Waals surface area contributed by atoms with Gasteiger partial charge in [0.1, 0.15) is 11.5 Å². The number of nitrogens with zero attached hydrogens (tertiary/aromatic N) is 1. The number of ether oxygens (including phenoxy) is 2. The van der Waals surface area contributed by atoms with Crippen LogP contribution in [0.5, 0.6) is 11.5 Å². The third-order valence-corrected chi connectivity index (χ3v) is 4.93. The minimum absolute atomic E-state index is 0.321. The first-order valence-corrected chi connectivity index (χ1v) is 9.24. The molecule has 0 radical (unpaired) electrons. The van der Waals surface area contributed by atoms with Gasteiger partial charge in [0.05, 0.1) is 19.9 Å². The molecule has 0 saturated carbocycles. The van der Waals surface area contributed by atoms with E-state index in [0.717, 1.165) is 24.7 Å². The number of amides is 2. The quantitative estimate of drug-likeness (QED) is 0.809. The van der Waals surface area contributed by atoms with Gasteiger partial charge < -0.3 is 25.0 Å². The number of carbonyl (C=O) groups excluding carboxylic acids is 1. The Labute approximate surface area is 160 Å². The maximum absolute atomic E-state index is 12.3. The molecule has 0 aliphatic carbocycles. The van der Waals surface area contributed by atoms with Crippen LogP contribution >= 0.6 is 0 Å². The van der Waals surface area contributed by atoms with Gasteiger partial charge in [0.15, 0.2) is 0 Å². The van der Waals surface area contributed by atoms with Crippen molar-refractivity contribution in [1.29, 1.82) is 0 Å². The van der Waals surface area contributed by atoms with Gasteiger partial charge in [0, 0.05) is 30.5 Å². The third kappa shape index (κ3) is 4.84. The SMILES string of the molecule is COc1ccc(NC(=O)Nc2ccc(N3CCC(C)CC3)cc2)c(OC)c1. The van der Waals surface area contributed by atoms with E-state index in [9.17, 15) is 4.79 Å². The van der Waals surface area contributed by atoms with Gasteiger partial charge in [-0.05, 0) is 55.2 Å². The smallest absolute Gasteiger partial charge is 0.323 e. The largest absolute Gasteiger partial charge is 0.497 e. The first-order valence-electron chi connectivity index (χ1n) is 9.24. The normalized spacial score (nSPS) is 14.6. The molecule has 2 aromatic carbocycles. The molecule has 0 spiro atoms. The van der Waals surface area contributed by atoms with Gasteiger partial charge in [-0.3, -0.25) is 0 Å². The fraction of sp³-hybridized carbons (Fsp3) is 0.381. The number of hydrogen-bond acceptors (Lipinski definition) is 4. The van der Waals surface area contributed by atoms with E-state index in [4.69, 9.17) is 9.47 Å². The fourth-order valence-electron chi connectivity index (χ4n) is 3.21. The van der Waals surface area contributed by atoms with E-state index in [2.05, 4.69) is 34.6 Å². The van der Waals surface area contributed by atoms with Crippen molar-refractivity contribution in [2.45, 2.75) is 19.8 Å². The molecule has 2 aromatic rings. The van der Waals surface area contributed by atoms with E-state index in [-0.39, 0.29) is 6.03 Å². The topological polar surface area (TPSA) is 62.8 Å². The molecule has 144 valence electrons. The number of nitrogens with one attached hydrogen (secondary N) is 2. The average molecular weight is 369 g/mol. The van der Waals surface area contributed by atoms with E-state index in [0.29, 0.717) is 17.2 Å². The lowest BCUT2D eigenvalue weighted by atomic mass is 9.99. The Balaban J connectivity index is 1.59. The molecule has 1 saturated heterocycles. The van der Waals surface area contributed by atoms with Crippen molar-refractivity contribution in [3.8, 4) is 11.5 Å². The zero-order valence-corrected chi connectivity index (χ0v) is 16.1. The van der Waals surface area contributed by atoms with Crippen molar-refractivity contribution >= 4 is 23.1 Å². The highest BCUT2D eigenvalue weighted by Crippen LogP contribution is 2.29. The van der Waals surface area contributed by atoms with Crippen molar-refractivity contribution in [3.63, 3.8) is 0 Å². The first kappa shape index (κ1) is 18.9. The molecule has 2 amide bonds. The highest BCUT2D eigenvalue weighted by atomic mass is 16.5. The Morgan fingerprint density at radius 2 is 1.70 bits per heavy atom. The predicted molar refractivity (Wildman–Crippen MR) is 109 cm³/mol. The molecule has 1 heterocycles. The van der Waals surface area contributed by atoms with Crippen molar-refractivity contribution in [2.75, 3.05) is 42.8 Å². The first-order chi connectivity index (χ1) is 13.1. The molecule has 1 aliphatic heterocycles. The van der Waals surface area contributed by atoms with Crippen LogP contribution in [-0.2, 0) is 0 Å². The minimum Gasteiger partial charge on any atom is -0.497 e. The van der Waals surface area contributed by atoms with Crippen LogP contribution in [0.25, 0.3) is 0 Å².